The number of fused-ring (bicyclic) bond motifs is 1. The highest BCUT2D eigenvalue weighted by molar-refractivity contribution is 6.32. The summed E-state index contributed by atoms with van der Waals surface area (Å²) in [5.74, 6) is 2.01. The van der Waals surface area contributed by atoms with Gasteiger partial charge in [0.2, 0.25) is 0 Å². The Bertz CT molecular complexity index is 600. The van der Waals surface area contributed by atoms with E-state index in [0.29, 0.717) is 42.3 Å². The molecule has 1 aliphatic carbocycles. The normalized spacial score (nSPS) is 22.8. The summed E-state index contributed by atoms with van der Waals surface area (Å²) in [7, 11) is 1.88. The van der Waals surface area contributed by atoms with Gasteiger partial charge in [-0.2, -0.15) is 0 Å². The van der Waals surface area contributed by atoms with Gasteiger partial charge in [0.15, 0.2) is 11.5 Å². The van der Waals surface area contributed by atoms with Crippen LogP contribution in [-0.4, -0.2) is 37.2 Å². The Hall–Kier alpha value is -1.62. The molecule has 0 saturated heterocycles. The van der Waals surface area contributed by atoms with E-state index in [4.69, 9.17) is 21.1 Å². The van der Waals surface area contributed by atoms with Crippen LogP contribution in [0.1, 0.15) is 38.2 Å². The first kappa shape index (κ1) is 17.2. The molecule has 132 valence electrons. The highest BCUT2D eigenvalue weighted by Crippen LogP contribution is 2.38. The third kappa shape index (κ3) is 3.89. The number of nitrogens with one attached hydrogen (secondary N) is 1. The Morgan fingerprint density at radius 1 is 1.25 bits per heavy atom. The molecule has 1 N–H and O–H groups in total. The molecule has 0 spiro atoms. The summed E-state index contributed by atoms with van der Waals surface area (Å²) in [5.41, 5.74) is 0.906. The van der Waals surface area contributed by atoms with Crippen molar-refractivity contribution in [2.45, 2.75) is 45.2 Å². The first-order chi connectivity index (χ1) is 11.5. The molecule has 0 aromatic heterocycles. The molecule has 2 aliphatic rings. The molecule has 0 bridgehead atoms. The smallest absolute Gasteiger partial charge is 0.317 e. The van der Waals surface area contributed by atoms with Crippen LogP contribution in [0.25, 0.3) is 0 Å². The van der Waals surface area contributed by atoms with Gasteiger partial charge in [0.25, 0.3) is 0 Å². The number of carbonyl (C=O) groups excluding carboxylic acids is 1. The fourth-order valence-electron chi connectivity index (χ4n) is 3.36. The van der Waals surface area contributed by atoms with Gasteiger partial charge in [-0.1, -0.05) is 18.5 Å². The highest BCUT2D eigenvalue weighted by Gasteiger charge is 2.24. The van der Waals surface area contributed by atoms with Gasteiger partial charge < -0.3 is 19.7 Å². The zero-order valence-corrected chi connectivity index (χ0v) is 15.1. The second kappa shape index (κ2) is 7.51. The molecular formula is C18H25ClN2O3. The third-order valence-corrected chi connectivity index (χ3v) is 5.23. The highest BCUT2D eigenvalue weighted by atomic mass is 35.5. The Morgan fingerprint density at radius 2 is 1.96 bits per heavy atom. The van der Waals surface area contributed by atoms with Crippen molar-refractivity contribution in [3.05, 3.63) is 22.7 Å². The molecule has 1 saturated carbocycles. The molecule has 0 radical (unpaired) electrons. The van der Waals surface area contributed by atoms with Gasteiger partial charge in [-0.25, -0.2) is 4.79 Å². The van der Waals surface area contributed by atoms with Gasteiger partial charge in [0, 0.05) is 19.6 Å². The molecular weight excluding hydrogens is 328 g/mol. The van der Waals surface area contributed by atoms with E-state index >= 15 is 0 Å². The summed E-state index contributed by atoms with van der Waals surface area (Å²) in [6.07, 6.45) is 4.56. The van der Waals surface area contributed by atoms with Crippen LogP contribution in [0.15, 0.2) is 12.1 Å². The number of amides is 2. The SMILES string of the molecule is CC1CCC(N(C)C(=O)NCc2cc(Cl)c3c(c2)OCCO3)CC1. The molecule has 0 unspecified atom stereocenters. The van der Waals surface area contributed by atoms with Crippen molar-refractivity contribution in [3.8, 4) is 11.5 Å². The largest absolute Gasteiger partial charge is 0.486 e. The topological polar surface area (TPSA) is 50.8 Å². The van der Waals surface area contributed by atoms with E-state index in [1.807, 2.05) is 24.1 Å². The van der Waals surface area contributed by atoms with Crippen LogP contribution in [0.5, 0.6) is 11.5 Å². The number of hydrogen-bond acceptors (Lipinski definition) is 3. The summed E-state index contributed by atoms with van der Waals surface area (Å²) in [6, 6.07) is 3.99. The van der Waals surface area contributed by atoms with E-state index in [9.17, 15) is 4.79 Å². The molecule has 0 atom stereocenters. The Balaban J connectivity index is 1.57. The van der Waals surface area contributed by atoms with E-state index < -0.39 is 0 Å². The quantitative estimate of drug-likeness (QED) is 0.899. The lowest BCUT2D eigenvalue weighted by molar-refractivity contribution is 0.163. The van der Waals surface area contributed by atoms with Crippen molar-refractivity contribution in [2.24, 2.45) is 5.92 Å². The predicted octanol–water partition coefficient (Wildman–Crippen LogP) is 3.83. The van der Waals surface area contributed by atoms with Crippen LogP contribution < -0.4 is 14.8 Å². The monoisotopic (exact) mass is 352 g/mol. The molecule has 24 heavy (non-hydrogen) atoms. The zero-order chi connectivity index (χ0) is 17.1. The number of carbonyl (C=O) groups is 1. The van der Waals surface area contributed by atoms with Crippen molar-refractivity contribution in [2.75, 3.05) is 20.3 Å². The lowest BCUT2D eigenvalue weighted by Crippen LogP contribution is -2.44. The second-order valence-corrected chi connectivity index (χ2v) is 7.19. The van der Waals surface area contributed by atoms with Gasteiger partial charge in [0.1, 0.15) is 13.2 Å². The number of ether oxygens (including phenoxy) is 2. The van der Waals surface area contributed by atoms with Crippen LogP contribution in [0.2, 0.25) is 5.02 Å². The van der Waals surface area contributed by atoms with Crippen LogP contribution in [0.3, 0.4) is 0 Å². The van der Waals surface area contributed by atoms with Crippen LogP contribution in [0.4, 0.5) is 4.79 Å². The van der Waals surface area contributed by atoms with Gasteiger partial charge in [0.05, 0.1) is 5.02 Å². The summed E-state index contributed by atoms with van der Waals surface area (Å²) in [6.45, 7) is 3.72. The number of benzene rings is 1. The molecule has 3 rings (SSSR count). The fraction of sp³-hybridized carbons (Fsp3) is 0.611. The average Bonchev–Trinajstić information content (AvgIpc) is 2.60. The number of urea groups is 1. The van der Waals surface area contributed by atoms with E-state index in [1.165, 1.54) is 12.8 Å². The Kier molecular flexibility index (Phi) is 5.39. The molecule has 6 heteroatoms. The maximum atomic E-state index is 12.4. The minimum Gasteiger partial charge on any atom is -0.486 e. The van der Waals surface area contributed by atoms with Gasteiger partial charge >= 0.3 is 6.03 Å². The minimum absolute atomic E-state index is 0.0411. The Morgan fingerprint density at radius 3 is 2.71 bits per heavy atom. The summed E-state index contributed by atoms with van der Waals surface area (Å²) in [5, 5.41) is 3.49. The zero-order valence-electron chi connectivity index (χ0n) is 14.3. The lowest BCUT2D eigenvalue weighted by Gasteiger charge is -2.33. The number of halogens is 1. The van der Waals surface area contributed by atoms with E-state index in [0.717, 1.165) is 24.3 Å². The predicted molar refractivity (Wildman–Crippen MR) is 93.9 cm³/mol. The molecule has 5 nitrogen and oxygen atoms in total. The fourth-order valence-corrected chi connectivity index (χ4v) is 3.65. The molecule has 2 amide bonds. The molecule has 1 aromatic rings. The second-order valence-electron chi connectivity index (χ2n) is 6.79. The van der Waals surface area contributed by atoms with Crippen molar-refractivity contribution < 1.29 is 14.3 Å². The van der Waals surface area contributed by atoms with Crippen LogP contribution in [-0.2, 0) is 6.54 Å². The number of rotatable bonds is 3. The summed E-state index contributed by atoms with van der Waals surface area (Å²) < 4.78 is 11.1. The minimum atomic E-state index is -0.0411. The van der Waals surface area contributed by atoms with Gasteiger partial charge in [-0.15, -0.1) is 0 Å². The maximum Gasteiger partial charge on any atom is 0.317 e. The molecule has 1 aliphatic heterocycles. The maximum absolute atomic E-state index is 12.4. The number of hydrogen-bond donors (Lipinski definition) is 1. The van der Waals surface area contributed by atoms with Crippen molar-refractivity contribution in [1.29, 1.82) is 0 Å². The third-order valence-electron chi connectivity index (χ3n) is 4.95. The standard InChI is InChI=1S/C18H25ClN2O3/c1-12-3-5-14(6-4-12)21(2)18(22)20-11-13-9-15(19)17-16(10-13)23-7-8-24-17/h9-10,12,14H,3-8,11H2,1-2H3,(H,20,22). The first-order valence-electron chi connectivity index (χ1n) is 8.63. The summed E-state index contributed by atoms with van der Waals surface area (Å²) in [4.78, 5) is 14.2. The van der Waals surface area contributed by atoms with Crippen molar-refractivity contribution >= 4 is 17.6 Å². The van der Waals surface area contributed by atoms with E-state index in [-0.39, 0.29) is 6.03 Å². The Labute approximate surface area is 148 Å². The number of nitrogens with zero attached hydrogens (tertiary/aromatic N) is 1. The first-order valence-corrected chi connectivity index (χ1v) is 9.01. The lowest BCUT2D eigenvalue weighted by atomic mass is 9.87. The van der Waals surface area contributed by atoms with E-state index in [2.05, 4.69) is 12.2 Å². The van der Waals surface area contributed by atoms with Crippen LogP contribution in [0, 0.1) is 5.92 Å². The molecule has 1 heterocycles. The van der Waals surface area contributed by atoms with Gasteiger partial charge in [-0.05, 0) is 49.3 Å². The molecule has 1 fully saturated rings. The van der Waals surface area contributed by atoms with Crippen molar-refractivity contribution in [1.82, 2.24) is 10.2 Å². The van der Waals surface area contributed by atoms with E-state index in [1.54, 1.807) is 0 Å². The van der Waals surface area contributed by atoms with Crippen molar-refractivity contribution in [3.63, 3.8) is 0 Å². The summed E-state index contributed by atoms with van der Waals surface area (Å²) >= 11 is 6.23. The van der Waals surface area contributed by atoms with Gasteiger partial charge in [-0.3, -0.25) is 0 Å². The molecule has 1 aromatic carbocycles. The average molecular weight is 353 g/mol. The van der Waals surface area contributed by atoms with Crippen LogP contribution >= 0.6 is 11.6 Å².